The lowest BCUT2D eigenvalue weighted by atomic mass is 10.1. The minimum Gasteiger partial charge on any atom is -0.494 e. The van der Waals surface area contributed by atoms with Crippen molar-refractivity contribution in [1.29, 1.82) is 0 Å². The monoisotopic (exact) mass is 242 g/mol. The van der Waals surface area contributed by atoms with Crippen molar-refractivity contribution in [2.75, 3.05) is 25.6 Å². The second-order valence-electron chi connectivity index (χ2n) is 3.43. The standard InChI is InChI=1S/C11H15ClN2O2/c1-7-4-8(12)5-9(11(7)16-3)14(2)10(15)6-13/h4-5H,6,13H2,1-3H3. The van der Waals surface area contributed by atoms with Gasteiger partial charge in [0.25, 0.3) is 0 Å². The molecular weight excluding hydrogens is 228 g/mol. The first-order chi connectivity index (χ1) is 7.51. The van der Waals surface area contributed by atoms with Crippen LogP contribution in [0.2, 0.25) is 5.02 Å². The lowest BCUT2D eigenvalue weighted by molar-refractivity contribution is -0.117. The molecule has 1 rings (SSSR count). The Kier molecular flexibility index (Phi) is 4.15. The molecule has 0 unspecified atom stereocenters. The van der Waals surface area contributed by atoms with Gasteiger partial charge < -0.3 is 15.4 Å². The summed E-state index contributed by atoms with van der Waals surface area (Å²) < 4.78 is 5.25. The number of nitrogens with two attached hydrogens (primary N) is 1. The highest BCUT2D eigenvalue weighted by Crippen LogP contribution is 2.34. The summed E-state index contributed by atoms with van der Waals surface area (Å²) in [5, 5.41) is 0.560. The Balaban J connectivity index is 3.25. The van der Waals surface area contributed by atoms with Gasteiger partial charge in [-0.3, -0.25) is 4.79 Å². The van der Waals surface area contributed by atoms with E-state index in [-0.39, 0.29) is 12.5 Å². The smallest absolute Gasteiger partial charge is 0.240 e. The van der Waals surface area contributed by atoms with Crippen molar-refractivity contribution >= 4 is 23.2 Å². The largest absolute Gasteiger partial charge is 0.494 e. The van der Waals surface area contributed by atoms with Gasteiger partial charge in [0.15, 0.2) is 0 Å². The number of hydrogen-bond donors (Lipinski definition) is 1. The molecule has 0 saturated carbocycles. The van der Waals surface area contributed by atoms with Crippen LogP contribution in [0.25, 0.3) is 0 Å². The van der Waals surface area contributed by atoms with Crippen molar-refractivity contribution in [3.05, 3.63) is 22.7 Å². The molecule has 0 fully saturated rings. The predicted octanol–water partition coefficient (Wildman–Crippen LogP) is 1.58. The number of carbonyl (C=O) groups excluding carboxylic acids is 1. The van der Waals surface area contributed by atoms with Crippen LogP contribution in [0.3, 0.4) is 0 Å². The van der Waals surface area contributed by atoms with Crippen LogP contribution in [-0.4, -0.2) is 26.6 Å². The number of ether oxygens (including phenoxy) is 1. The third kappa shape index (κ3) is 2.46. The van der Waals surface area contributed by atoms with Gasteiger partial charge in [-0.15, -0.1) is 0 Å². The molecule has 0 spiro atoms. The zero-order valence-corrected chi connectivity index (χ0v) is 10.3. The van der Waals surface area contributed by atoms with Crippen LogP contribution >= 0.6 is 11.6 Å². The highest BCUT2D eigenvalue weighted by molar-refractivity contribution is 6.31. The molecular formula is C11H15ClN2O2. The first kappa shape index (κ1) is 12.8. The van der Waals surface area contributed by atoms with Crippen LogP contribution in [0.15, 0.2) is 12.1 Å². The van der Waals surface area contributed by atoms with E-state index in [2.05, 4.69) is 0 Å². The second-order valence-corrected chi connectivity index (χ2v) is 3.87. The van der Waals surface area contributed by atoms with Crippen LogP contribution in [0.4, 0.5) is 5.69 Å². The topological polar surface area (TPSA) is 55.6 Å². The van der Waals surface area contributed by atoms with E-state index in [1.807, 2.05) is 6.92 Å². The summed E-state index contributed by atoms with van der Waals surface area (Å²) in [6, 6.07) is 3.46. The zero-order valence-electron chi connectivity index (χ0n) is 9.58. The van der Waals surface area contributed by atoms with Crippen molar-refractivity contribution < 1.29 is 9.53 Å². The van der Waals surface area contributed by atoms with Gasteiger partial charge in [0.2, 0.25) is 5.91 Å². The number of nitrogens with zero attached hydrogens (tertiary/aromatic N) is 1. The maximum Gasteiger partial charge on any atom is 0.240 e. The number of carbonyl (C=O) groups is 1. The van der Waals surface area contributed by atoms with Gasteiger partial charge in [0.1, 0.15) is 5.75 Å². The Morgan fingerprint density at radius 3 is 2.69 bits per heavy atom. The summed E-state index contributed by atoms with van der Waals surface area (Å²) in [5.74, 6) is 0.439. The Bertz CT molecular complexity index is 407. The fourth-order valence-electron chi connectivity index (χ4n) is 1.50. The summed E-state index contributed by atoms with van der Waals surface area (Å²) in [6.45, 7) is 1.82. The van der Waals surface area contributed by atoms with Gasteiger partial charge in [0.05, 0.1) is 19.3 Å². The Hall–Kier alpha value is -1.26. The second kappa shape index (κ2) is 5.18. The molecule has 5 heteroatoms. The van der Waals surface area contributed by atoms with E-state index < -0.39 is 0 Å². The quantitative estimate of drug-likeness (QED) is 0.876. The molecule has 1 amide bonds. The highest BCUT2D eigenvalue weighted by atomic mass is 35.5. The summed E-state index contributed by atoms with van der Waals surface area (Å²) in [6.07, 6.45) is 0. The summed E-state index contributed by atoms with van der Waals surface area (Å²) >= 11 is 5.95. The number of halogens is 1. The minimum atomic E-state index is -0.194. The van der Waals surface area contributed by atoms with Crippen molar-refractivity contribution in [3.63, 3.8) is 0 Å². The van der Waals surface area contributed by atoms with Gasteiger partial charge in [-0.1, -0.05) is 11.6 Å². The van der Waals surface area contributed by atoms with Crippen molar-refractivity contribution in [2.24, 2.45) is 5.73 Å². The van der Waals surface area contributed by atoms with Gasteiger partial charge in [-0.2, -0.15) is 0 Å². The van der Waals surface area contributed by atoms with E-state index >= 15 is 0 Å². The number of anilines is 1. The zero-order chi connectivity index (χ0) is 12.3. The fourth-order valence-corrected chi connectivity index (χ4v) is 1.77. The first-order valence-corrected chi connectivity index (χ1v) is 5.19. The Morgan fingerprint density at radius 2 is 2.19 bits per heavy atom. The highest BCUT2D eigenvalue weighted by Gasteiger charge is 2.16. The molecule has 0 aromatic heterocycles. The molecule has 0 radical (unpaired) electrons. The summed E-state index contributed by atoms with van der Waals surface area (Å²) in [7, 11) is 3.20. The molecule has 88 valence electrons. The summed E-state index contributed by atoms with van der Waals surface area (Å²) in [5.41, 5.74) is 6.82. The van der Waals surface area contributed by atoms with Crippen molar-refractivity contribution in [1.82, 2.24) is 0 Å². The van der Waals surface area contributed by atoms with Gasteiger partial charge in [-0.05, 0) is 24.6 Å². The molecule has 0 aliphatic carbocycles. The predicted molar refractivity (Wildman–Crippen MR) is 65.2 cm³/mol. The Labute approximate surface area is 99.9 Å². The maximum atomic E-state index is 11.5. The molecule has 0 aliphatic rings. The number of likely N-dealkylation sites (N-methyl/N-ethyl adjacent to an activating group) is 1. The van der Waals surface area contributed by atoms with Gasteiger partial charge in [0, 0.05) is 12.1 Å². The normalized spacial score (nSPS) is 10.1. The van der Waals surface area contributed by atoms with E-state index in [9.17, 15) is 4.79 Å². The lowest BCUT2D eigenvalue weighted by Gasteiger charge is -2.21. The average Bonchev–Trinajstić information content (AvgIpc) is 2.26. The number of aryl methyl sites for hydroxylation is 1. The molecule has 1 aromatic rings. The average molecular weight is 243 g/mol. The van der Waals surface area contributed by atoms with Crippen LogP contribution in [0.1, 0.15) is 5.56 Å². The third-order valence-corrected chi connectivity index (χ3v) is 2.55. The van der Waals surface area contributed by atoms with Gasteiger partial charge in [-0.25, -0.2) is 0 Å². The number of amides is 1. The fraction of sp³-hybridized carbons (Fsp3) is 0.364. The minimum absolute atomic E-state index is 0.0504. The Morgan fingerprint density at radius 1 is 1.56 bits per heavy atom. The van der Waals surface area contributed by atoms with Crippen molar-refractivity contribution in [3.8, 4) is 5.75 Å². The third-order valence-electron chi connectivity index (χ3n) is 2.33. The van der Waals surface area contributed by atoms with E-state index in [1.165, 1.54) is 4.90 Å². The van der Waals surface area contributed by atoms with Crippen LogP contribution < -0.4 is 15.4 Å². The molecule has 0 bridgehead atoms. The number of rotatable bonds is 3. The SMILES string of the molecule is COc1c(C)cc(Cl)cc1N(C)C(=O)CN. The van der Waals surface area contributed by atoms with E-state index in [0.717, 1.165) is 5.56 Å². The number of methoxy groups -OCH3 is 1. The molecule has 2 N–H and O–H groups in total. The van der Waals surface area contributed by atoms with E-state index in [1.54, 1.807) is 26.3 Å². The van der Waals surface area contributed by atoms with Crippen LogP contribution in [0, 0.1) is 6.92 Å². The summed E-state index contributed by atoms with van der Waals surface area (Å²) in [4.78, 5) is 12.9. The van der Waals surface area contributed by atoms with E-state index in [4.69, 9.17) is 22.1 Å². The maximum absolute atomic E-state index is 11.5. The number of hydrogen-bond acceptors (Lipinski definition) is 3. The molecule has 0 saturated heterocycles. The van der Waals surface area contributed by atoms with Crippen LogP contribution in [-0.2, 0) is 4.79 Å². The van der Waals surface area contributed by atoms with E-state index in [0.29, 0.717) is 16.5 Å². The molecule has 0 aliphatic heterocycles. The van der Waals surface area contributed by atoms with Crippen molar-refractivity contribution in [2.45, 2.75) is 6.92 Å². The molecule has 4 nitrogen and oxygen atoms in total. The lowest BCUT2D eigenvalue weighted by Crippen LogP contribution is -2.32. The number of benzene rings is 1. The molecule has 0 atom stereocenters. The molecule has 1 aromatic carbocycles. The van der Waals surface area contributed by atoms with Crippen LogP contribution in [0.5, 0.6) is 5.75 Å². The van der Waals surface area contributed by atoms with Gasteiger partial charge >= 0.3 is 0 Å². The first-order valence-electron chi connectivity index (χ1n) is 4.82. The molecule has 0 heterocycles. The molecule has 16 heavy (non-hydrogen) atoms.